The van der Waals surface area contributed by atoms with Gasteiger partial charge in [-0.15, -0.1) is 0 Å². The number of para-hydroxylation sites is 1. The molecule has 1 amide bonds. The fourth-order valence-electron chi connectivity index (χ4n) is 8.57. The van der Waals surface area contributed by atoms with E-state index in [0.717, 1.165) is 71.8 Å². The lowest BCUT2D eigenvalue weighted by atomic mass is 9.98. The van der Waals surface area contributed by atoms with Crippen LogP contribution in [0.5, 0.6) is 5.75 Å². The first kappa shape index (κ1) is 37.4. The van der Waals surface area contributed by atoms with Crippen molar-refractivity contribution in [1.82, 2.24) is 18.9 Å². The molecule has 1 aliphatic heterocycles. The van der Waals surface area contributed by atoms with Gasteiger partial charge in [-0.25, -0.2) is 4.79 Å². The zero-order valence-electron chi connectivity index (χ0n) is 32.3. The fourth-order valence-corrected chi connectivity index (χ4v) is 8.92. The van der Waals surface area contributed by atoms with Crippen molar-refractivity contribution in [3.8, 4) is 16.9 Å². The molecule has 0 spiro atoms. The van der Waals surface area contributed by atoms with Gasteiger partial charge < -0.3 is 23.9 Å². The van der Waals surface area contributed by atoms with Crippen LogP contribution in [0.1, 0.15) is 74.0 Å². The van der Waals surface area contributed by atoms with E-state index in [0.29, 0.717) is 54.5 Å². The number of hydrogen-bond acceptors (Lipinski definition) is 4. The van der Waals surface area contributed by atoms with Gasteiger partial charge in [-0.05, 0) is 100 Å². The van der Waals surface area contributed by atoms with Crippen molar-refractivity contribution in [3.05, 3.63) is 134 Å². The SMILES string of the molecule is Cc1cc(OCCCc2c3n(c4c(-c5c(C)nn(C)c5C)c(Cl)ccc24)[C@H](C)CN(c2cccc4cc(C(=O)O)n(Cc5ccccc5)c24)C3=O)cc(C)c1Cl. The molecular weight excluding hydrogens is 745 g/mol. The molecule has 56 heavy (non-hydrogen) atoms. The molecule has 0 fully saturated rings. The van der Waals surface area contributed by atoms with E-state index in [1.54, 1.807) is 6.07 Å². The average molecular weight is 789 g/mol. The maximum Gasteiger partial charge on any atom is 0.352 e. The number of carboxylic acids is 1. The van der Waals surface area contributed by atoms with Gasteiger partial charge in [0.2, 0.25) is 0 Å². The Morgan fingerprint density at radius 1 is 0.929 bits per heavy atom. The Labute approximate surface area is 335 Å². The number of ether oxygens (including phenoxy) is 1. The fraction of sp³-hybridized carbons (Fsp3) is 0.267. The van der Waals surface area contributed by atoms with Crippen molar-refractivity contribution in [3.63, 3.8) is 0 Å². The Hall–Kier alpha value is -5.51. The molecule has 1 N–H and O–H groups in total. The van der Waals surface area contributed by atoms with Gasteiger partial charge in [0.05, 0.1) is 34.0 Å². The molecule has 286 valence electrons. The Morgan fingerprint density at radius 3 is 2.34 bits per heavy atom. The maximum absolute atomic E-state index is 15.3. The number of aromatic carboxylic acids is 1. The normalized spacial score (nSPS) is 14.2. The molecule has 0 radical (unpaired) electrons. The highest BCUT2D eigenvalue weighted by Gasteiger charge is 2.38. The third kappa shape index (κ3) is 6.23. The summed E-state index contributed by atoms with van der Waals surface area (Å²) in [7, 11) is 1.93. The van der Waals surface area contributed by atoms with Crippen LogP contribution in [0.2, 0.25) is 10.0 Å². The number of rotatable bonds is 10. The zero-order chi connectivity index (χ0) is 39.6. The summed E-state index contributed by atoms with van der Waals surface area (Å²) >= 11 is 13.6. The lowest BCUT2D eigenvalue weighted by Gasteiger charge is -2.35. The largest absolute Gasteiger partial charge is 0.494 e. The molecule has 1 aliphatic rings. The molecule has 0 saturated carbocycles. The lowest BCUT2D eigenvalue weighted by molar-refractivity contribution is 0.0686. The highest BCUT2D eigenvalue weighted by molar-refractivity contribution is 6.35. The Kier molecular flexibility index (Phi) is 9.71. The number of nitrogens with zero attached hydrogens (tertiary/aromatic N) is 5. The summed E-state index contributed by atoms with van der Waals surface area (Å²) in [6.07, 6.45) is 1.22. The zero-order valence-corrected chi connectivity index (χ0v) is 33.8. The third-order valence-electron chi connectivity index (χ3n) is 11.2. The van der Waals surface area contributed by atoms with Crippen molar-refractivity contribution in [2.75, 3.05) is 18.1 Å². The van der Waals surface area contributed by atoms with Crippen LogP contribution in [0, 0.1) is 27.7 Å². The lowest BCUT2D eigenvalue weighted by Crippen LogP contribution is -2.43. The van der Waals surface area contributed by atoms with Crippen LogP contribution in [0.3, 0.4) is 0 Å². The number of carbonyl (C=O) groups excluding carboxylic acids is 1. The molecule has 1 atom stereocenters. The van der Waals surface area contributed by atoms with E-state index in [4.69, 9.17) is 33.0 Å². The molecule has 0 unspecified atom stereocenters. The van der Waals surface area contributed by atoms with Gasteiger partial charge in [-0.2, -0.15) is 5.10 Å². The number of carboxylic acid groups (broad SMARTS) is 1. The molecule has 0 aliphatic carbocycles. The van der Waals surface area contributed by atoms with Gasteiger partial charge in [0, 0.05) is 58.8 Å². The summed E-state index contributed by atoms with van der Waals surface area (Å²) in [6, 6.07) is 24.9. The molecule has 7 aromatic rings. The van der Waals surface area contributed by atoms with Crippen LogP contribution in [-0.2, 0) is 20.0 Å². The number of hydrogen-bond donors (Lipinski definition) is 1. The maximum atomic E-state index is 15.3. The van der Waals surface area contributed by atoms with E-state index in [9.17, 15) is 9.90 Å². The second kappa shape index (κ2) is 14.5. The van der Waals surface area contributed by atoms with E-state index in [-0.39, 0.29) is 17.6 Å². The van der Waals surface area contributed by atoms with Crippen LogP contribution >= 0.6 is 23.2 Å². The highest BCUT2D eigenvalue weighted by Crippen LogP contribution is 2.46. The topological polar surface area (TPSA) is 94.5 Å². The van der Waals surface area contributed by atoms with Gasteiger partial charge in [0.1, 0.15) is 17.1 Å². The van der Waals surface area contributed by atoms with Crippen molar-refractivity contribution < 1.29 is 19.4 Å². The van der Waals surface area contributed by atoms with Crippen molar-refractivity contribution in [1.29, 1.82) is 0 Å². The molecule has 4 aromatic carbocycles. The Balaban J connectivity index is 1.28. The van der Waals surface area contributed by atoms with Crippen LogP contribution in [0.25, 0.3) is 32.9 Å². The number of aryl methyl sites for hydroxylation is 5. The minimum absolute atomic E-state index is 0.155. The molecule has 0 bridgehead atoms. The highest BCUT2D eigenvalue weighted by atomic mass is 35.5. The smallest absolute Gasteiger partial charge is 0.352 e. The summed E-state index contributed by atoms with van der Waals surface area (Å²) in [5.41, 5.74) is 10.5. The van der Waals surface area contributed by atoms with Crippen LogP contribution in [0.4, 0.5) is 5.69 Å². The van der Waals surface area contributed by atoms with Gasteiger partial charge in [0.25, 0.3) is 5.91 Å². The van der Waals surface area contributed by atoms with E-state index >= 15 is 4.79 Å². The van der Waals surface area contributed by atoms with Crippen molar-refractivity contribution in [2.45, 2.75) is 60.0 Å². The minimum Gasteiger partial charge on any atom is -0.494 e. The molecule has 11 heteroatoms. The number of benzene rings is 4. The summed E-state index contributed by atoms with van der Waals surface area (Å²) in [6.45, 7) is 11.2. The van der Waals surface area contributed by atoms with Gasteiger partial charge in [-0.3, -0.25) is 9.48 Å². The predicted molar refractivity (Wildman–Crippen MR) is 224 cm³/mol. The first-order valence-corrected chi connectivity index (χ1v) is 19.6. The number of carbonyl (C=O) groups is 2. The standard InChI is InChI=1S/C45H43Cl2N5O4/c1-25-20-32(21-26(2)40(25)47)56-19-11-15-33-34-17-18-35(46)39(38-28(4)48-49(6)29(38)5)42(34)52-27(3)23-51(44(53)43(33)52)36-16-10-14-31-22-37(45(54)55)50(41(31)36)24-30-12-8-7-9-13-30/h7-10,12-14,16-18,20-22,27H,11,15,19,23-24H2,1-6H3,(H,54,55)/t27-/m1/s1. The van der Waals surface area contributed by atoms with E-state index < -0.39 is 5.97 Å². The van der Waals surface area contributed by atoms with Gasteiger partial charge >= 0.3 is 5.97 Å². The number of fused-ring (bicyclic) bond motifs is 4. The predicted octanol–water partition coefficient (Wildman–Crippen LogP) is 10.5. The Morgan fingerprint density at radius 2 is 1.66 bits per heavy atom. The second-order valence-corrected chi connectivity index (χ2v) is 15.7. The van der Waals surface area contributed by atoms with Gasteiger partial charge in [-0.1, -0.05) is 71.7 Å². The van der Waals surface area contributed by atoms with E-state index in [1.807, 2.05) is 122 Å². The molecule has 3 aromatic heterocycles. The first-order valence-electron chi connectivity index (χ1n) is 18.8. The monoisotopic (exact) mass is 787 g/mol. The molecule has 0 saturated heterocycles. The molecule has 9 nitrogen and oxygen atoms in total. The number of amides is 1. The van der Waals surface area contributed by atoms with Gasteiger partial charge in [0.15, 0.2) is 0 Å². The quantitative estimate of drug-likeness (QED) is 0.139. The van der Waals surface area contributed by atoms with Crippen LogP contribution in [0.15, 0.2) is 78.9 Å². The van der Waals surface area contributed by atoms with E-state index in [1.165, 1.54) is 0 Å². The molecule has 8 rings (SSSR count). The van der Waals surface area contributed by atoms with Crippen LogP contribution < -0.4 is 9.64 Å². The number of halogens is 2. The van der Waals surface area contributed by atoms with E-state index in [2.05, 4.69) is 11.5 Å². The second-order valence-electron chi connectivity index (χ2n) is 14.9. The summed E-state index contributed by atoms with van der Waals surface area (Å²) in [4.78, 5) is 29.8. The minimum atomic E-state index is -1.03. The van der Waals surface area contributed by atoms with Crippen molar-refractivity contribution >= 4 is 62.6 Å². The number of aromatic nitrogens is 4. The summed E-state index contributed by atoms with van der Waals surface area (Å²) in [5.74, 6) is -0.425. The number of anilines is 1. The molecular formula is C45H43Cl2N5O4. The summed E-state index contributed by atoms with van der Waals surface area (Å²) in [5, 5.41) is 18.1. The van der Waals surface area contributed by atoms with Crippen LogP contribution in [-0.4, -0.2) is 49.0 Å². The first-order chi connectivity index (χ1) is 26.8. The van der Waals surface area contributed by atoms with Crippen molar-refractivity contribution in [2.24, 2.45) is 7.05 Å². The third-order valence-corrected chi connectivity index (χ3v) is 12.1. The average Bonchev–Trinajstić information content (AvgIpc) is 3.79. The summed E-state index contributed by atoms with van der Waals surface area (Å²) < 4.78 is 12.1. The Bertz CT molecular complexity index is 2690. The molecule has 4 heterocycles.